The number of amides is 1. The van der Waals surface area contributed by atoms with Gasteiger partial charge in [0, 0.05) is 30.0 Å². The lowest BCUT2D eigenvalue weighted by Crippen LogP contribution is -2.40. The van der Waals surface area contributed by atoms with Crippen molar-refractivity contribution in [2.75, 3.05) is 13.1 Å². The summed E-state index contributed by atoms with van der Waals surface area (Å²) in [5.41, 5.74) is 1.84. The van der Waals surface area contributed by atoms with Crippen molar-refractivity contribution in [3.63, 3.8) is 0 Å². The van der Waals surface area contributed by atoms with Gasteiger partial charge in [-0.2, -0.15) is 0 Å². The van der Waals surface area contributed by atoms with Gasteiger partial charge in [0.1, 0.15) is 5.41 Å². The van der Waals surface area contributed by atoms with Gasteiger partial charge in [-0.1, -0.05) is 30.3 Å². The molecule has 1 saturated heterocycles. The van der Waals surface area contributed by atoms with Crippen LogP contribution < -0.4 is 0 Å². The van der Waals surface area contributed by atoms with E-state index < -0.39 is 11.4 Å². The van der Waals surface area contributed by atoms with E-state index in [4.69, 9.17) is 0 Å². The number of carboxylic acids is 1. The molecule has 1 N–H and O–H groups in total. The maximum absolute atomic E-state index is 12.8. The average molecular weight is 324 g/mol. The molecule has 1 aromatic heterocycles. The summed E-state index contributed by atoms with van der Waals surface area (Å²) in [5, 5.41) is 9.83. The Hall–Kier alpha value is -2.69. The van der Waals surface area contributed by atoms with Crippen LogP contribution in [0.2, 0.25) is 0 Å². The monoisotopic (exact) mass is 324 g/mol. The van der Waals surface area contributed by atoms with E-state index in [2.05, 4.69) is 4.98 Å². The maximum atomic E-state index is 12.8. The second-order valence-corrected chi connectivity index (χ2v) is 6.37. The molecule has 1 aliphatic heterocycles. The number of likely N-dealkylation sites (tertiary alicyclic amines) is 1. The number of aliphatic carboxylic acids is 1. The molecule has 1 amide bonds. The zero-order chi connectivity index (χ0) is 17.3. The van der Waals surface area contributed by atoms with Crippen molar-refractivity contribution in [3.8, 4) is 0 Å². The van der Waals surface area contributed by atoms with Gasteiger partial charge in [0.05, 0.1) is 0 Å². The smallest absolute Gasteiger partial charge is 0.316 e. The van der Waals surface area contributed by atoms with E-state index in [1.807, 2.05) is 44.2 Å². The van der Waals surface area contributed by atoms with Gasteiger partial charge in [0.2, 0.25) is 0 Å². The van der Waals surface area contributed by atoms with Crippen LogP contribution in [0.25, 0.3) is 0 Å². The summed E-state index contributed by atoms with van der Waals surface area (Å²) in [6.07, 6.45) is 0.418. The zero-order valence-electron chi connectivity index (χ0n) is 13.8. The molecule has 5 heteroatoms. The van der Waals surface area contributed by atoms with Crippen molar-refractivity contribution in [2.24, 2.45) is 0 Å². The summed E-state index contributed by atoms with van der Waals surface area (Å²) >= 11 is 0. The van der Waals surface area contributed by atoms with Crippen molar-refractivity contribution < 1.29 is 14.7 Å². The second-order valence-electron chi connectivity index (χ2n) is 6.37. The lowest BCUT2D eigenvalue weighted by Gasteiger charge is -2.25. The first-order chi connectivity index (χ1) is 11.4. The number of aryl methyl sites for hydroxylation is 2. The summed E-state index contributed by atoms with van der Waals surface area (Å²) in [6.45, 7) is 4.31. The fourth-order valence-corrected chi connectivity index (χ4v) is 3.41. The quantitative estimate of drug-likeness (QED) is 0.942. The largest absolute Gasteiger partial charge is 0.481 e. The van der Waals surface area contributed by atoms with E-state index in [1.54, 1.807) is 17.0 Å². The number of hydrogen-bond donors (Lipinski definition) is 1. The number of pyridine rings is 1. The van der Waals surface area contributed by atoms with E-state index in [0.717, 1.165) is 17.0 Å². The maximum Gasteiger partial charge on any atom is 0.316 e. The molecule has 0 aliphatic carbocycles. The van der Waals surface area contributed by atoms with Crippen LogP contribution in [0, 0.1) is 13.8 Å². The molecule has 0 spiro atoms. The number of nitrogens with zero attached hydrogens (tertiary/aromatic N) is 2. The number of carboxylic acid groups (broad SMARTS) is 1. The van der Waals surface area contributed by atoms with Crippen molar-refractivity contribution >= 4 is 11.9 Å². The van der Waals surface area contributed by atoms with Gasteiger partial charge < -0.3 is 10.0 Å². The fraction of sp³-hybridized carbons (Fsp3) is 0.316. The van der Waals surface area contributed by atoms with Crippen LogP contribution >= 0.6 is 0 Å². The zero-order valence-corrected chi connectivity index (χ0v) is 13.8. The third kappa shape index (κ3) is 2.77. The van der Waals surface area contributed by atoms with Gasteiger partial charge in [-0.3, -0.25) is 14.6 Å². The average Bonchev–Trinajstić information content (AvgIpc) is 3.01. The molecule has 1 fully saturated rings. The van der Waals surface area contributed by atoms with Crippen LogP contribution in [0.3, 0.4) is 0 Å². The molecule has 0 saturated carbocycles. The van der Waals surface area contributed by atoms with E-state index in [1.165, 1.54) is 0 Å². The molecule has 0 bridgehead atoms. The molecule has 2 heterocycles. The Morgan fingerprint density at radius 1 is 1.12 bits per heavy atom. The molecule has 124 valence electrons. The molecule has 3 rings (SSSR count). The highest BCUT2D eigenvalue weighted by atomic mass is 16.4. The summed E-state index contributed by atoms with van der Waals surface area (Å²) in [6, 6.07) is 12.7. The minimum Gasteiger partial charge on any atom is -0.481 e. The molecule has 24 heavy (non-hydrogen) atoms. The minimum absolute atomic E-state index is 0.136. The summed E-state index contributed by atoms with van der Waals surface area (Å²) in [4.78, 5) is 30.7. The molecular formula is C19H20N2O3. The number of aromatic nitrogens is 1. The van der Waals surface area contributed by atoms with E-state index in [0.29, 0.717) is 18.5 Å². The lowest BCUT2D eigenvalue weighted by atomic mass is 9.80. The van der Waals surface area contributed by atoms with Gasteiger partial charge >= 0.3 is 5.97 Å². The third-order valence-electron chi connectivity index (χ3n) is 4.62. The molecule has 0 radical (unpaired) electrons. The Kier molecular flexibility index (Phi) is 4.09. The van der Waals surface area contributed by atoms with Crippen molar-refractivity contribution in [2.45, 2.75) is 25.7 Å². The first kappa shape index (κ1) is 16.2. The van der Waals surface area contributed by atoms with Crippen LogP contribution in [-0.2, 0) is 10.2 Å². The molecule has 1 atom stereocenters. The van der Waals surface area contributed by atoms with Crippen LogP contribution in [0.1, 0.15) is 33.7 Å². The van der Waals surface area contributed by atoms with E-state index in [-0.39, 0.29) is 12.5 Å². The highest BCUT2D eigenvalue weighted by Gasteiger charge is 2.47. The summed E-state index contributed by atoms with van der Waals surface area (Å²) < 4.78 is 0. The number of carbonyl (C=O) groups excluding carboxylic acids is 1. The van der Waals surface area contributed by atoms with E-state index in [9.17, 15) is 14.7 Å². The predicted octanol–water partition coefficient (Wildman–Crippen LogP) is 2.57. The van der Waals surface area contributed by atoms with Crippen LogP contribution in [0.5, 0.6) is 0 Å². The normalized spacial score (nSPS) is 20.2. The number of hydrogen-bond acceptors (Lipinski definition) is 3. The Morgan fingerprint density at radius 3 is 2.33 bits per heavy atom. The SMILES string of the molecule is Cc1cc(C(=O)N2CCC(C(=O)O)(c3ccccc3)C2)cc(C)n1. The molecule has 1 aromatic carbocycles. The van der Waals surface area contributed by atoms with Crippen LogP contribution in [-0.4, -0.2) is 40.0 Å². The van der Waals surface area contributed by atoms with Crippen LogP contribution in [0.15, 0.2) is 42.5 Å². The van der Waals surface area contributed by atoms with Gasteiger partial charge in [0.15, 0.2) is 0 Å². The topological polar surface area (TPSA) is 70.5 Å². The Bertz CT molecular complexity index is 768. The van der Waals surface area contributed by atoms with Crippen molar-refractivity contribution in [1.82, 2.24) is 9.88 Å². The molecule has 1 unspecified atom stereocenters. The molecule has 2 aromatic rings. The first-order valence-corrected chi connectivity index (χ1v) is 7.96. The summed E-state index contributed by atoms with van der Waals surface area (Å²) in [7, 11) is 0. The molecular weight excluding hydrogens is 304 g/mol. The Morgan fingerprint density at radius 2 is 1.75 bits per heavy atom. The predicted molar refractivity (Wildman–Crippen MR) is 90.0 cm³/mol. The molecule has 1 aliphatic rings. The van der Waals surface area contributed by atoms with Gasteiger partial charge in [0.25, 0.3) is 5.91 Å². The van der Waals surface area contributed by atoms with Crippen molar-refractivity contribution in [1.29, 1.82) is 0 Å². The third-order valence-corrected chi connectivity index (χ3v) is 4.62. The molecule has 5 nitrogen and oxygen atoms in total. The number of rotatable bonds is 3. The van der Waals surface area contributed by atoms with Gasteiger partial charge in [-0.25, -0.2) is 0 Å². The van der Waals surface area contributed by atoms with Crippen LogP contribution in [0.4, 0.5) is 0 Å². The van der Waals surface area contributed by atoms with Gasteiger partial charge in [-0.05, 0) is 38.0 Å². The Labute approximate surface area is 140 Å². The van der Waals surface area contributed by atoms with E-state index >= 15 is 0 Å². The minimum atomic E-state index is -1.03. The highest BCUT2D eigenvalue weighted by Crippen LogP contribution is 2.35. The highest BCUT2D eigenvalue weighted by molar-refractivity contribution is 5.96. The lowest BCUT2D eigenvalue weighted by molar-refractivity contribution is -0.143. The standard InChI is InChI=1S/C19H20N2O3/c1-13-10-15(11-14(2)20-13)17(22)21-9-8-19(12-21,18(23)24)16-6-4-3-5-7-16/h3-7,10-11H,8-9,12H2,1-2H3,(H,23,24). The Balaban J connectivity index is 1.90. The van der Waals surface area contributed by atoms with Crippen molar-refractivity contribution in [3.05, 3.63) is 65.0 Å². The summed E-state index contributed by atoms with van der Waals surface area (Å²) in [5.74, 6) is -1.02. The fourth-order valence-electron chi connectivity index (χ4n) is 3.41. The second kappa shape index (κ2) is 6.07. The number of carbonyl (C=O) groups is 2. The van der Waals surface area contributed by atoms with Gasteiger partial charge in [-0.15, -0.1) is 0 Å². The first-order valence-electron chi connectivity index (χ1n) is 7.96. The number of benzene rings is 1.